The highest BCUT2D eigenvalue weighted by atomic mass is 16.5. The molecule has 0 unspecified atom stereocenters. The minimum absolute atomic E-state index is 0.0185. The number of aryl methyl sites for hydroxylation is 1. The van der Waals surface area contributed by atoms with Gasteiger partial charge in [-0.05, 0) is 45.1 Å². The minimum Gasteiger partial charge on any atom is -0.383 e. The van der Waals surface area contributed by atoms with Gasteiger partial charge in [0.25, 0.3) is 0 Å². The van der Waals surface area contributed by atoms with Crippen LogP contribution in [0, 0.1) is 0 Å². The molecule has 2 heterocycles. The molecule has 1 saturated heterocycles. The Labute approximate surface area is 153 Å². The quantitative estimate of drug-likeness (QED) is 0.768. The van der Waals surface area contributed by atoms with Crippen molar-refractivity contribution in [2.75, 3.05) is 40.4 Å². The van der Waals surface area contributed by atoms with Crippen LogP contribution in [0.5, 0.6) is 0 Å². The normalized spacial score (nSPS) is 16.3. The van der Waals surface area contributed by atoms with E-state index in [1.807, 2.05) is 29.2 Å². The molecule has 0 spiro atoms. The number of benzene rings is 1. The number of hydrogen-bond acceptors (Lipinski definition) is 4. The average Bonchev–Trinajstić information content (AvgIpc) is 2.89. The number of piperidine rings is 1. The van der Waals surface area contributed by atoms with Gasteiger partial charge in [-0.3, -0.25) is 13.9 Å². The van der Waals surface area contributed by atoms with Crippen LogP contribution in [0.3, 0.4) is 0 Å². The van der Waals surface area contributed by atoms with Crippen molar-refractivity contribution >= 4 is 16.9 Å². The van der Waals surface area contributed by atoms with Gasteiger partial charge in [0.2, 0.25) is 5.91 Å². The average molecular weight is 360 g/mol. The Morgan fingerprint density at radius 3 is 2.50 bits per heavy atom. The van der Waals surface area contributed by atoms with Crippen LogP contribution in [0.2, 0.25) is 0 Å². The van der Waals surface area contributed by atoms with E-state index >= 15 is 0 Å². The van der Waals surface area contributed by atoms with Crippen LogP contribution in [0.25, 0.3) is 11.0 Å². The Morgan fingerprint density at radius 2 is 1.85 bits per heavy atom. The maximum Gasteiger partial charge on any atom is 0.329 e. The molecule has 0 atom stereocenters. The molecule has 0 aliphatic carbocycles. The molecule has 142 valence electrons. The van der Waals surface area contributed by atoms with Crippen LogP contribution in [0.1, 0.15) is 12.8 Å². The number of carbonyl (C=O) groups excluding carboxylic acids is 1. The lowest BCUT2D eigenvalue weighted by Gasteiger charge is -2.37. The summed E-state index contributed by atoms with van der Waals surface area (Å²) < 4.78 is 8.38. The number of aromatic nitrogens is 2. The maximum atomic E-state index is 13.1. The van der Waals surface area contributed by atoms with Crippen LogP contribution < -0.4 is 5.69 Å². The second kappa shape index (κ2) is 8.05. The zero-order valence-corrected chi connectivity index (χ0v) is 15.9. The van der Waals surface area contributed by atoms with Gasteiger partial charge in [-0.25, -0.2) is 4.79 Å². The summed E-state index contributed by atoms with van der Waals surface area (Å²) in [6.45, 7) is 3.09. The molecule has 1 aromatic heterocycles. The highest BCUT2D eigenvalue weighted by Crippen LogP contribution is 2.17. The summed E-state index contributed by atoms with van der Waals surface area (Å²) in [6, 6.07) is 7.79. The molecule has 0 bridgehead atoms. The van der Waals surface area contributed by atoms with Gasteiger partial charge in [0, 0.05) is 26.7 Å². The maximum absolute atomic E-state index is 13.1. The SMILES string of the molecule is COCCN(C(=O)Cn1c(=O)n(C)c2ccccc21)C1CCN(C)CC1. The second-order valence-corrected chi connectivity index (χ2v) is 7.03. The predicted molar refractivity (Wildman–Crippen MR) is 101 cm³/mol. The van der Waals surface area contributed by atoms with Crippen LogP contribution in [-0.2, 0) is 23.1 Å². The molecule has 3 rings (SSSR count). The summed E-state index contributed by atoms with van der Waals surface area (Å²) in [7, 11) is 5.49. The van der Waals surface area contributed by atoms with Crippen molar-refractivity contribution in [2.45, 2.75) is 25.4 Å². The van der Waals surface area contributed by atoms with E-state index in [0.717, 1.165) is 37.0 Å². The fraction of sp³-hybridized carbons (Fsp3) is 0.579. The summed E-state index contributed by atoms with van der Waals surface area (Å²) in [5, 5.41) is 0. The number of likely N-dealkylation sites (tertiary alicyclic amines) is 1. The number of amides is 1. The van der Waals surface area contributed by atoms with E-state index in [1.165, 1.54) is 0 Å². The van der Waals surface area contributed by atoms with Crippen molar-refractivity contribution in [3.63, 3.8) is 0 Å². The van der Waals surface area contributed by atoms with Gasteiger partial charge in [-0.15, -0.1) is 0 Å². The van der Waals surface area contributed by atoms with Gasteiger partial charge in [0.05, 0.1) is 17.6 Å². The third-order valence-corrected chi connectivity index (χ3v) is 5.33. The molecule has 1 aliphatic rings. The molecule has 26 heavy (non-hydrogen) atoms. The van der Waals surface area contributed by atoms with E-state index in [9.17, 15) is 9.59 Å². The molecule has 1 aromatic carbocycles. The van der Waals surface area contributed by atoms with E-state index in [4.69, 9.17) is 4.74 Å². The molecule has 0 N–H and O–H groups in total. The van der Waals surface area contributed by atoms with E-state index < -0.39 is 0 Å². The number of carbonyl (C=O) groups is 1. The minimum atomic E-state index is -0.158. The molecule has 0 radical (unpaired) electrons. The van der Waals surface area contributed by atoms with Gasteiger partial charge in [0.1, 0.15) is 6.54 Å². The third-order valence-electron chi connectivity index (χ3n) is 5.33. The highest BCUT2D eigenvalue weighted by molar-refractivity contribution is 5.81. The Hall–Kier alpha value is -2.12. The lowest BCUT2D eigenvalue weighted by molar-refractivity contribution is -0.135. The number of ether oxygens (including phenoxy) is 1. The monoisotopic (exact) mass is 360 g/mol. The Bertz CT molecular complexity index is 818. The number of nitrogens with zero attached hydrogens (tertiary/aromatic N) is 4. The Kier molecular flexibility index (Phi) is 5.78. The molecule has 2 aromatic rings. The predicted octanol–water partition coefficient (Wildman–Crippen LogP) is 0.909. The summed E-state index contributed by atoms with van der Waals surface area (Å²) in [6.07, 6.45) is 1.91. The Morgan fingerprint density at radius 1 is 1.19 bits per heavy atom. The molecular formula is C19H28N4O3. The van der Waals surface area contributed by atoms with Gasteiger partial charge in [0.15, 0.2) is 0 Å². The van der Waals surface area contributed by atoms with Crippen molar-refractivity contribution in [3.05, 3.63) is 34.7 Å². The second-order valence-electron chi connectivity index (χ2n) is 7.03. The molecule has 0 saturated carbocycles. The number of hydrogen-bond donors (Lipinski definition) is 0. The van der Waals surface area contributed by atoms with Crippen LogP contribution in [-0.4, -0.2) is 71.3 Å². The van der Waals surface area contributed by atoms with E-state index in [1.54, 1.807) is 23.3 Å². The first kappa shape index (κ1) is 18.7. The number of methoxy groups -OCH3 is 1. The Balaban J connectivity index is 1.84. The number of rotatable bonds is 6. The van der Waals surface area contributed by atoms with Gasteiger partial charge < -0.3 is 14.5 Å². The first-order chi connectivity index (χ1) is 12.5. The summed E-state index contributed by atoms with van der Waals surface area (Å²) in [5.74, 6) is -0.0185. The number of fused-ring (bicyclic) bond motifs is 1. The van der Waals surface area contributed by atoms with Crippen LogP contribution in [0.15, 0.2) is 29.1 Å². The van der Waals surface area contributed by atoms with Crippen LogP contribution >= 0.6 is 0 Å². The van der Waals surface area contributed by atoms with Crippen molar-refractivity contribution in [3.8, 4) is 0 Å². The number of imidazole rings is 1. The van der Waals surface area contributed by atoms with Crippen molar-refractivity contribution < 1.29 is 9.53 Å². The molecule has 1 fully saturated rings. The number of para-hydroxylation sites is 2. The molecular weight excluding hydrogens is 332 g/mol. The van der Waals surface area contributed by atoms with Crippen molar-refractivity contribution in [1.82, 2.24) is 18.9 Å². The largest absolute Gasteiger partial charge is 0.383 e. The van der Waals surface area contributed by atoms with Gasteiger partial charge in [-0.1, -0.05) is 12.1 Å². The van der Waals surface area contributed by atoms with Crippen LogP contribution in [0.4, 0.5) is 0 Å². The van der Waals surface area contributed by atoms with Crippen molar-refractivity contribution in [1.29, 1.82) is 0 Å². The zero-order chi connectivity index (χ0) is 18.7. The van der Waals surface area contributed by atoms with Crippen molar-refractivity contribution in [2.24, 2.45) is 7.05 Å². The lowest BCUT2D eigenvalue weighted by atomic mass is 10.0. The summed E-state index contributed by atoms with van der Waals surface area (Å²) >= 11 is 0. The smallest absolute Gasteiger partial charge is 0.329 e. The first-order valence-corrected chi connectivity index (χ1v) is 9.14. The van der Waals surface area contributed by atoms with E-state index in [-0.39, 0.29) is 24.2 Å². The van der Waals surface area contributed by atoms with E-state index in [0.29, 0.717) is 13.2 Å². The molecule has 7 heteroatoms. The fourth-order valence-corrected chi connectivity index (χ4v) is 3.75. The molecule has 7 nitrogen and oxygen atoms in total. The molecule has 1 aliphatic heterocycles. The lowest BCUT2D eigenvalue weighted by Crippen LogP contribution is -2.49. The summed E-state index contributed by atoms with van der Waals surface area (Å²) in [5.41, 5.74) is 1.48. The third kappa shape index (κ3) is 3.68. The highest BCUT2D eigenvalue weighted by Gasteiger charge is 2.27. The zero-order valence-electron chi connectivity index (χ0n) is 15.9. The summed E-state index contributed by atoms with van der Waals surface area (Å²) in [4.78, 5) is 29.9. The standard InChI is InChI=1S/C19H28N4O3/c1-20-10-8-15(9-11-20)22(12-13-26-3)18(24)14-23-17-7-5-4-6-16(17)21(2)19(23)25/h4-7,15H,8-14H2,1-3H3. The fourth-order valence-electron chi connectivity index (χ4n) is 3.75. The van der Waals surface area contributed by atoms with E-state index in [2.05, 4.69) is 11.9 Å². The first-order valence-electron chi connectivity index (χ1n) is 9.14. The van der Waals surface area contributed by atoms with Gasteiger partial charge >= 0.3 is 5.69 Å². The van der Waals surface area contributed by atoms with Gasteiger partial charge in [-0.2, -0.15) is 0 Å². The topological polar surface area (TPSA) is 59.7 Å². The molecule has 1 amide bonds.